The van der Waals surface area contributed by atoms with Crippen LogP contribution in [-0.4, -0.2) is 22.3 Å². The van der Waals surface area contributed by atoms with E-state index < -0.39 is 11.2 Å². The van der Waals surface area contributed by atoms with Gasteiger partial charge in [0.2, 0.25) is 0 Å². The Morgan fingerprint density at radius 2 is 2.20 bits per heavy atom. The second kappa shape index (κ2) is 3.97. The van der Waals surface area contributed by atoms with Crippen molar-refractivity contribution in [1.82, 2.24) is 0 Å². The van der Waals surface area contributed by atoms with Crippen LogP contribution in [0.25, 0.3) is 0 Å². The molecule has 1 aliphatic carbocycles. The molecule has 0 bridgehead atoms. The zero-order valence-electron chi connectivity index (χ0n) is 9.91. The minimum atomic E-state index is -0.706. The molecule has 0 unspecified atom stereocenters. The van der Waals surface area contributed by atoms with Crippen molar-refractivity contribution in [3.63, 3.8) is 0 Å². The number of aliphatic hydroxyl groups is 1. The fraction of sp³-hybridized carbons (Fsp3) is 0.750. The van der Waals surface area contributed by atoms with E-state index in [-0.39, 0.29) is 11.9 Å². The molecule has 3 nitrogen and oxygen atoms in total. The molecule has 0 radical (unpaired) electrons. The molecule has 0 spiro atoms. The van der Waals surface area contributed by atoms with E-state index in [0.29, 0.717) is 6.42 Å². The Balaban J connectivity index is 2.70. The van der Waals surface area contributed by atoms with Gasteiger partial charge in [-0.05, 0) is 33.6 Å². The first-order valence-corrected chi connectivity index (χ1v) is 5.34. The number of hydrogen-bond acceptors (Lipinski definition) is 3. The van der Waals surface area contributed by atoms with E-state index in [9.17, 15) is 9.90 Å². The van der Waals surface area contributed by atoms with Crippen molar-refractivity contribution in [2.24, 2.45) is 5.92 Å². The lowest BCUT2D eigenvalue weighted by Crippen LogP contribution is -2.39. The Hall–Kier alpha value is -0.830. The van der Waals surface area contributed by atoms with E-state index in [1.807, 2.05) is 19.9 Å². The van der Waals surface area contributed by atoms with Gasteiger partial charge in [0.15, 0.2) is 0 Å². The second-order valence-electron chi connectivity index (χ2n) is 5.06. The number of esters is 1. The molecule has 1 rings (SSSR count). The lowest BCUT2D eigenvalue weighted by Gasteiger charge is -2.36. The van der Waals surface area contributed by atoms with Crippen molar-refractivity contribution >= 4 is 5.97 Å². The number of carbonyl (C=O) groups excluding carboxylic acids is 1. The van der Waals surface area contributed by atoms with E-state index in [4.69, 9.17) is 4.74 Å². The minimum absolute atomic E-state index is 0.182. The standard InChI is InChI=1S/C12H20O3/c1-9(13)15-11(2,3)10-5-7-12(4,14)8-6-10/h5,7,10,14H,6,8H2,1-4H3/t10-,12+/m1/s1. The second-order valence-corrected chi connectivity index (χ2v) is 5.06. The average Bonchev–Trinajstić information content (AvgIpc) is 2.00. The van der Waals surface area contributed by atoms with Crippen LogP contribution in [0.4, 0.5) is 0 Å². The SMILES string of the molecule is CC(=O)OC(C)(C)[C@@H]1C=C[C@](C)(O)CC1. The molecular formula is C12H20O3. The third-order valence-corrected chi connectivity index (χ3v) is 2.95. The van der Waals surface area contributed by atoms with Gasteiger partial charge in [-0.2, -0.15) is 0 Å². The zero-order chi connectivity index (χ0) is 11.7. The normalized spacial score (nSPS) is 31.4. The fourth-order valence-electron chi connectivity index (χ4n) is 1.98. The van der Waals surface area contributed by atoms with Crippen LogP contribution in [0.3, 0.4) is 0 Å². The lowest BCUT2D eigenvalue weighted by molar-refractivity contribution is -0.157. The van der Waals surface area contributed by atoms with Gasteiger partial charge in [-0.3, -0.25) is 4.79 Å². The monoisotopic (exact) mass is 212 g/mol. The summed E-state index contributed by atoms with van der Waals surface area (Å²) in [6.45, 7) is 7.02. The van der Waals surface area contributed by atoms with Crippen LogP contribution < -0.4 is 0 Å². The van der Waals surface area contributed by atoms with Crippen molar-refractivity contribution in [3.05, 3.63) is 12.2 Å². The van der Waals surface area contributed by atoms with Gasteiger partial charge in [0.05, 0.1) is 5.60 Å². The van der Waals surface area contributed by atoms with Crippen molar-refractivity contribution in [1.29, 1.82) is 0 Å². The first-order chi connectivity index (χ1) is 6.73. The maximum absolute atomic E-state index is 10.9. The summed E-state index contributed by atoms with van der Waals surface area (Å²) in [4.78, 5) is 10.9. The predicted octanol–water partition coefficient (Wildman–Crippen LogP) is 2.05. The van der Waals surface area contributed by atoms with Crippen LogP contribution >= 0.6 is 0 Å². The molecule has 0 saturated heterocycles. The smallest absolute Gasteiger partial charge is 0.303 e. The van der Waals surface area contributed by atoms with Crippen molar-refractivity contribution < 1.29 is 14.6 Å². The summed E-state index contributed by atoms with van der Waals surface area (Å²) < 4.78 is 5.27. The lowest BCUT2D eigenvalue weighted by atomic mass is 9.78. The molecule has 0 aliphatic heterocycles. The summed E-state index contributed by atoms with van der Waals surface area (Å²) >= 11 is 0. The predicted molar refractivity (Wildman–Crippen MR) is 58.3 cm³/mol. The largest absolute Gasteiger partial charge is 0.459 e. The molecule has 1 N–H and O–H groups in total. The highest BCUT2D eigenvalue weighted by atomic mass is 16.6. The van der Waals surface area contributed by atoms with E-state index in [1.165, 1.54) is 6.92 Å². The molecule has 15 heavy (non-hydrogen) atoms. The van der Waals surface area contributed by atoms with E-state index in [2.05, 4.69) is 0 Å². The van der Waals surface area contributed by atoms with Crippen molar-refractivity contribution in [3.8, 4) is 0 Å². The van der Waals surface area contributed by atoms with E-state index >= 15 is 0 Å². The molecule has 86 valence electrons. The van der Waals surface area contributed by atoms with Crippen LogP contribution in [0.15, 0.2) is 12.2 Å². The van der Waals surface area contributed by atoms with Gasteiger partial charge in [0.25, 0.3) is 0 Å². The Labute approximate surface area is 91.1 Å². The Morgan fingerprint density at radius 1 is 1.60 bits per heavy atom. The molecule has 3 heteroatoms. The molecule has 0 aromatic heterocycles. The Morgan fingerprint density at radius 3 is 2.60 bits per heavy atom. The first-order valence-electron chi connectivity index (χ1n) is 5.34. The van der Waals surface area contributed by atoms with Crippen molar-refractivity contribution in [2.45, 2.75) is 51.7 Å². The third-order valence-electron chi connectivity index (χ3n) is 2.95. The zero-order valence-corrected chi connectivity index (χ0v) is 9.91. The number of carbonyl (C=O) groups is 1. The minimum Gasteiger partial charge on any atom is -0.459 e. The summed E-state index contributed by atoms with van der Waals surface area (Å²) in [5.74, 6) is -0.0765. The van der Waals surface area contributed by atoms with E-state index in [1.54, 1.807) is 13.0 Å². The van der Waals surface area contributed by atoms with Gasteiger partial charge in [-0.25, -0.2) is 0 Å². The highest BCUT2D eigenvalue weighted by molar-refractivity contribution is 5.66. The highest BCUT2D eigenvalue weighted by Crippen LogP contribution is 2.34. The van der Waals surface area contributed by atoms with Crippen LogP contribution in [0.1, 0.15) is 40.5 Å². The summed E-state index contributed by atoms with van der Waals surface area (Å²) in [7, 11) is 0. The Kier molecular flexibility index (Phi) is 3.24. The molecule has 0 fully saturated rings. The molecule has 2 atom stereocenters. The summed E-state index contributed by atoms with van der Waals surface area (Å²) in [6, 6.07) is 0. The molecular weight excluding hydrogens is 192 g/mol. The fourth-order valence-corrected chi connectivity index (χ4v) is 1.98. The molecule has 1 aliphatic rings. The maximum atomic E-state index is 10.9. The van der Waals surface area contributed by atoms with E-state index in [0.717, 1.165) is 6.42 Å². The highest BCUT2D eigenvalue weighted by Gasteiger charge is 2.35. The molecule has 0 amide bonds. The van der Waals surface area contributed by atoms with Gasteiger partial charge in [0, 0.05) is 12.8 Å². The van der Waals surface area contributed by atoms with Crippen molar-refractivity contribution in [2.75, 3.05) is 0 Å². The van der Waals surface area contributed by atoms with Crippen LogP contribution in [0.2, 0.25) is 0 Å². The topological polar surface area (TPSA) is 46.5 Å². The molecule has 0 heterocycles. The molecule has 0 aromatic carbocycles. The number of hydrogen-bond donors (Lipinski definition) is 1. The van der Waals surface area contributed by atoms with Crippen LogP contribution in [-0.2, 0) is 9.53 Å². The van der Waals surface area contributed by atoms with Gasteiger partial charge in [-0.1, -0.05) is 12.2 Å². The summed E-state index contributed by atoms with van der Waals surface area (Å²) in [5.41, 5.74) is -1.19. The number of ether oxygens (including phenoxy) is 1. The summed E-state index contributed by atoms with van der Waals surface area (Å²) in [5, 5.41) is 9.75. The average molecular weight is 212 g/mol. The van der Waals surface area contributed by atoms with Gasteiger partial charge in [-0.15, -0.1) is 0 Å². The van der Waals surface area contributed by atoms with Gasteiger partial charge in [0.1, 0.15) is 5.60 Å². The Bertz CT molecular complexity index is 277. The molecule has 0 saturated carbocycles. The number of rotatable bonds is 2. The summed E-state index contributed by atoms with van der Waals surface area (Å²) in [6.07, 6.45) is 5.29. The first kappa shape index (κ1) is 12.2. The van der Waals surface area contributed by atoms with Crippen LogP contribution in [0.5, 0.6) is 0 Å². The molecule has 0 aromatic rings. The third kappa shape index (κ3) is 3.34. The van der Waals surface area contributed by atoms with Gasteiger partial charge >= 0.3 is 5.97 Å². The van der Waals surface area contributed by atoms with Gasteiger partial charge < -0.3 is 9.84 Å². The maximum Gasteiger partial charge on any atom is 0.303 e. The quantitative estimate of drug-likeness (QED) is 0.563. The van der Waals surface area contributed by atoms with Crippen LogP contribution in [0, 0.1) is 5.92 Å².